The summed E-state index contributed by atoms with van der Waals surface area (Å²) in [6, 6.07) is 6.59. The molecule has 6 nitrogen and oxygen atoms in total. The Bertz CT molecular complexity index is 958. The third-order valence-electron chi connectivity index (χ3n) is 5.65. The monoisotopic (exact) mass is 366 g/mol. The van der Waals surface area contributed by atoms with Gasteiger partial charge in [-0.1, -0.05) is 19.3 Å². The molecule has 0 bridgehead atoms. The molecule has 2 fully saturated rings. The first-order valence-electron chi connectivity index (χ1n) is 9.81. The van der Waals surface area contributed by atoms with Gasteiger partial charge in [0.05, 0.1) is 5.52 Å². The van der Waals surface area contributed by atoms with Crippen LogP contribution >= 0.6 is 0 Å². The van der Waals surface area contributed by atoms with Crippen molar-refractivity contribution < 1.29 is 4.39 Å². The van der Waals surface area contributed by atoms with E-state index < -0.39 is 0 Å². The van der Waals surface area contributed by atoms with Gasteiger partial charge < -0.3 is 10.2 Å². The molecule has 1 aliphatic carbocycles. The van der Waals surface area contributed by atoms with Gasteiger partial charge in [0.1, 0.15) is 23.3 Å². The fourth-order valence-electron chi connectivity index (χ4n) is 3.97. The normalized spacial score (nSPS) is 17.9. The van der Waals surface area contributed by atoms with Crippen molar-refractivity contribution in [3.8, 4) is 0 Å². The van der Waals surface area contributed by atoms with Crippen molar-refractivity contribution in [2.75, 3.05) is 23.3 Å². The molecule has 0 spiro atoms. The van der Waals surface area contributed by atoms with Crippen molar-refractivity contribution in [1.82, 2.24) is 20.2 Å². The minimum absolute atomic E-state index is 0.279. The first-order valence-corrected chi connectivity index (χ1v) is 9.81. The van der Waals surface area contributed by atoms with Crippen LogP contribution in [0.3, 0.4) is 0 Å². The SMILES string of the molecule is Fc1ccc2[nH]nc(Nc3cc(N4CCC4)nc(C4CCCCC4)n3)c2c1. The number of halogens is 1. The molecule has 1 aliphatic heterocycles. The average molecular weight is 366 g/mol. The second-order valence-corrected chi connectivity index (χ2v) is 7.53. The molecule has 3 aromatic rings. The van der Waals surface area contributed by atoms with E-state index in [9.17, 15) is 4.39 Å². The highest BCUT2D eigenvalue weighted by Crippen LogP contribution is 2.34. The van der Waals surface area contributed by atoms with Crippen molar-refractivity contribution >= 4 is 28.4 Å². The molecule has 3 heterocycles. The second-order valence-electron chi connectivity index (χ2n) is 7.53. The maximum Gasteiger partial charge on any atom is 0.161 e. The number of rotatable bonds is 4. The van der Waals surface area contributed by atoms with Crippen LogP contribution in [0, 0.1) is 5.82 Å². The van der Waals surface area contributed by atoms with Crippen LogP contribution in [-0.2, 0) is 0 Å². The summed E-state index contributed by atoms with van der Waals surface area (Å²) in [5, 5.41) is 11.3. The maximum absolute atomic E-state index is 13.7. The minimum atomic E-state index is -0.279. The molecule has 27 heavy (non-hydrogen) atoms. The van der Waals surface area contributed by atoms with Crippen LogP contribution in [0.15, 0.2) is 24.3 Å². The summed E-state index contributed by atoms with van der Waals surface area (Å²) in [6.07, 6.45) is 7.30. The van der Waals surface area contributed by atoms with Crippen LogP contribution in [0.1, 0.15) is 50.3 Å². The molecular weight excluding hydrogens is 343 g/mol. The molecule has 7 heteroatoms. The number of aromatic amines is 1. The summed E-state index contributed by atoms with van der Waals surface area (Å²) >= 11 is 0. The third-order valence-corrected chi connectivity index (χ3v) is 5.65. The van der Waals surface area contributed by atoms with Crippen LogP contribution in [-0.4, -0.2) is 33.3 Å². The smallest absolute Gasteiger partial charge is 0.161 e. The Morgan fingerprint density at radius 1 is 1.04 bits per heavy atom. The first kappa shape index (κ1) is 16.5. The molecule has 2 aliphatic rings. The fourth-order valence-corrected chi connectivity index (χ4v) is 3.97. The summed E-state index contributed by atoms with van der Waals surface area (Å²) < 4.78 is 13.7. The summed E-state index contributed by atoms with van der Waals surface area (Å²) in [6.45, 7) is 2.08. The molecule has 0 unspecified atom stereocenters. The summed E-state index contributed by atoms with van der Waals surface area (Å²) in [7, 11) is 0. The number of nitrogens with zero attached hydrogens (tertiary/aromatic N) is 4. The number of anilines is 3. The first-order chi connectivity index (χ1) is 13.3. The maximum atomic E-state index is 13.7. The minimum Gasteiger partial charge on any atom is -0.356 e. The number of aromatic nitrogens is 4. The summed E-state index contributed by atoms with van der Waals surface area (Å²) in [5.74, 6) is 3.36. The van der Waals surface area contributed by atoms with Gasteiger partial charge in [-0.2, -0.15) is 5.10 Å². The lowest BCUT2D eigenvalue weighted by atomic mass is 9.88. The fraction of sp³-hybridized carbons (Fsp3) is 0.450. The molecular formula is C20H23FN6. The van der Waals surface area contributed by atoms with E-state index in [4.69, 9.17) is 9.97 Å². The lowest BCUT2D eigenvalue weighted by Gasteiger charge is -2.33. The predicted octanol–water partition coefficient (Wildman–Crippen LogP) is 4.49. The molecule has 0 amide bonds. The van der Waals surface area contributed by atoms with Crippen molar-refractivity contribution in [3.05, 3.63) is 35.9 Å². The van der Waals surface area contributed by atoms with E-state index in [2.05, 4.69) is 20.4 Å². The van der Waals surface area contributed by atoms with Crippen LogP contribution in [0.4, 0.5) is 21.8 Å². The topological polar surface area (TPSA) is 69.7 Å². The average Bonchev–Trinajstić information content (AvgIpc) is 3.03. The molecule has 1 saturated heterocycles. The molecule has 1 aromatic carbocycles. The number of hydrogen-bond acceptors (Lipinski definition) is 5. The van der Waals surface area contributed by atoms with Crippen molar-refractivity contribution in [1.29, 1.82) is 0 Å². The van der Waals surface area contributed by atoms with Crippen molar-refractivity contribution in [3.63, 3.8) is 0 Å². The Kier molecular flexibility index (Phi) is 4.14. The molecule has 0 atom stereocenters. The van der Waals surface area contributed by atoms with Crippen LogP contribution in [0.2, 0.25) is 0 Å². The van der Waals surface area contributed by atoms with E-state index in [1.165, 1.54) is 37.8 Å². The van der Waals surface area contributed by atoms with Gasteiger partial charge in [0.2, 0.25) is 0 Å². The van der Waals surface area contributed by atoms with Gasteiger partial charge >= 0.3 is 0 Å². The lowest BCUT2D eigenvalue weighted by Crippen LogP contribution is -2.38. The molecule has 2 aromatic heterocycles. The molecule has 140 valence electrons. The molecule has 2 N–H and O–H groups in total. The van der Waals surface area contributed by atoms with Crippen LogP contribution in [0.25, 0.3) is 10.9 Å². The summed E-state index contributed by atoms with van der Waals surface area (Å²) in [5.41, 5.74) is 0.795. The van der Waals surface area contributed by atoms with Crippen molar-refractivity contribution in [2.45, 2.75) is 44.4 Å². The zero-order valence-corrected chi connectivity index (χ0v) is 15.2. The Morgan fingerprint density at radius 2 is 1.89 bits per heavy atom. The standard InChI is InChI=1S/C20H23FN6/c21-14-7-8-16-15(11-14)20(26-25-16)23-17-12-18(27-9-4-10-27)24-19(22-17)13-5-2-1-3-6-13/h7-8,11-13H,1-6,9-10H2,(H2,22,23,24,25,26). The number of fused-ring (bicyclic) bond motifs is 1. The lowest BCUT2D eigenvalue weighted by molar-refractivity contribution is 0.428. The van der Waals surface area contributed by atoms with Gasteiger partial charge in [0.15, 0.2) is 5.82 Å². The Balaban J connectivity index is 1.50. The zero-order valence-electron chi connectivity index (χ0n) is 15.2. The quantitative estimate of drug-likeness (QED) is 0.712. The molecule has 1 saturated carbocycles. The van der Waals surface area contributed by atoms with Gasteiger partial charge in [0.25, 0.3) is 0 Å². The van der Waals surface area contributed by atoms with E-state index in [1.807, 2.05) is 6.07 Å². The van der Waals surface area contributed by atoms with Crippen LogP contribution in [0.5, 0.6) is 0 Å². The summed E-state index contributed by atoms with van der Waals surface area (Å²) in [4.78, 5) is 12.0. The van der Waals surface area contributed by atoms with Gasteiger partial charge in [-0.15, -0.1) is 0 Å². The zero-order chi connectivity index (χ0) is 18.2. The van der Waals surface area contributed by atoms with E-state index in [0.717, 1.165) is 54.3 Å². The Hall–Kier alpha value is -2.70. The highest BCUT2D eigenvalue weighted by molar-refractivity contribution is 5.91. The van der Waals surface area contributed by atoms with E-state index >= 15 is 0 Å². The number of nitrogens with one attached hydrogen (secondary N) is 2. The second kappa shape index (κ2) is 6.79. The number of benzene rings is 1. The molecule has 0 radical (unpaired) electrons. The highest BCUT2D eigenvalue weighted by atomic mass is 19.1. The van der Waals surface area contributed by atoms with Gasteiger partial charge in [0, 0.05) is 30.5 Å². The van der Waals surface area contributed by atoms with Gasteiger partial charge in [-0.25, -0.2) is 14.4 Å². The van der Waals surface area contributed by atoms with Gasteiger partial charge in [-0.05, 0) is 37.5 Å². The van der Waals surface area contributed by atoms with E-state index in [0.29, 0.717) is 11.7 Å². The Labute approximate surface area is 157 Å². The predicted molar refractivity (Wildman–Crippen MR) is 104 cm³/mol. The van der Waals surface area contributed by atoms with Gasteiger partial charge in [-0.3, -0.25) is 5.10 Å². The highest BCUT2D eigenvalue weighted by Gasteiger charge is 2.23. The van der Waals surface area contributed by atoms with Crippen molar-refractivity contribution in [2.24, 2.45) is 0 Å². The Morgan fingerprint density at radius 3 is 2.67 bits per heavy atom. The number of H-pyrrole nitrogens is 1. The largest absolute Gasteiger partial charge is 0.356 e. The van der Waals surface area contributed by atoms with E-state index in [-0.39, 0.29) is 5.82 Å². The van der Waals surface area contributed by atoms with Crippen LogP contribution < -0.4 is 10.2 Å². The van der Waals surface area contributed by atoms with E-state index in [1.54, 1.807) is 6.07 Å². The third kappa shape index (κ3) is 3.22. The number of hydrogen-bond donors (Lipinski definition) is 2. The molecule has 5 rings (SSSR count).